The summed E-state index contributed by atoms with van der Waals surface area (Å²) >= 11 is 0. The lowest BCUT2D eigenvalue weighted by molar-refractivity contribution is -0.390. The zero-order valence-electron chi connectivity index (χ0n) is 7.13. The number of hydrogen-bond acceptors (Lipinski definition) is 6. The molecule has 74 valence electrons. The van der Waals surface area contributed by atoms with Crippen molar-refractivity contribution in [3.63, 3.8) is 0 Å². The number of aromatic nitrogens is 1. The SMILES string of the molecule is COC(=O)c1ccc(O)c([N+](=O)[O-])n1. The average Bonchev–Trinajstić information content (AvgIpc) is 2.17. The van der Waals surface area contributed by atoms with Gasteiger partial charge in [-0.15, -0.1) is 0 Å². The van der Waals surface area contributed by atoms with Gasteiger partial charge in [0.25, 0.3) is 5.69 Å². The molecule has 1 N–H and O–H groups in total. The van der Waals surface area contributed by atoms with Crippen molar-refractivity contribution >= 4 is 11.8 Å². The van der Waals surface area contributed by atoms with Gasteiger partial charge in [-0.3, -0.25) is 0 Å². The highest BCUT2D eigenvalue weighted by atomic mass is 16.6. The first-order chi connectivity index (χ1) is 6.56. The fourth-order valence-electron chi connectivity index (χ4n) is 0.794. The number of rotatable bonds is 2. The molecule has 0 aliphatic rings. The molecule has 0 saturated carbocycles. The highest BCUT2D eigenvalue weighted by molar-refractivity contribution is 5.87. The number of ether oxygens (including phenoxy) is 1. The third-order valence-electron chi connectivity index (χ3n) is 1.42. The van der Waals surface area contributed by atoms with Crippen LogP contribution < -0.4 is 0 Å². The normalized spacial score (nSPS) is 9.50. The number of aromatic hydroxyl groups is 1. The predicted molar refractivity (Wildman–Crippen MR) is 43.9 cm³/mol. The van der Waals surface area contributed by atoms with E-state index in [4.69, 9.17) is 5.11 Å². The summed E-state index contributed by atoms with van der Waals surface area (Å²) in [6, 6.07) is 2.14. The zero-order chi connectivity index (χ0) is 10.7. The van der Waals surface area contributed by atoms with Gasteiger partial charge in [-0.2, -0.15) is 0 Å². The van der Waals surface area contributed by atoms with Crippen LogP contribution in [0.4, 0.5) is 5.82 Å². The second-order valence-electron chi connectivity index (χ2n) is 2.29. The van der Waals surface area contributed by atoms with Crippen LogP contribution in [0.2, 0.25) is 0 Å². The minimum atomic E-state index is -0.887. The Morgan fingerprint density at radius 2 is 2.29 bits per heavy atom. The lowest BCUT2D eigenvalue weighted by atomic mass is 10.3. The number of carbonyl (C=O) groups excluding carboxylic acids is 1. The highest BCUT2D eigenvalue weighted by Gasteiger charge is 2.21. The average molecular weight is 198 g/mol. The van der Waals surface area contributed by atoms with Gasteiger partial charge < -0.3 is 20.0 Å². The summed E-state index contributed by atoms with van der Waals surface area (Å²) in [5.41, 5.74) is -0.225. The van der Waals surface area contributed by atoms with Crippen LogP contribution in [0.3, 0.4) is 0 Å². The number of pyridine rings is 1. The molecule has 7 nitrogen and oxygen atoms in total. The molecule has 0 unspecified atom stereocenters. The summed E-state index contributed by atoms with van der Waals surface area (Å²) in [5.74, 6) is -2.16. The van der Waals surface area contributed by atoms with Gasteiger partial charge in [0.15, 0.2) is 0 Å². The molecule has 1 heterocycles. The van der Waals surface area contributed by atoms with E-state index in [0.29, 0.717) is 0 Å². The first-order valence-electron chi connectivity index (χ1n) is 3.49. The van der Waals surface area contributed by atoms with Gasteiger partial charge in [-0.05, 0) is 16.0 Å². The molecule has 0 saturated heterocycles. The number of carbonyl (C=O) groups is 1. The predicted octanol–water partition coefficient (Wildman–Crippen LogP) is 0.482. The summed E-state index contributed by atoms with van der Waals surface area (Å²) in [6.07, 6.45) is 0. The van der Waals surface area contributed by atoms with Crippen LogP contribution >= 0.6 is 0 Å². The molecular weight excluding hydrogens is 192 g/mol. The molecule has 0 aliphatic heterocycles. The minimum absolute atomic E-state index is 0.225. The Hall–Kier alpha value is -2.18. The van der Waals surface area contributed by atoms with E-state index >= 15 is 0 Å². The molecule has 0 atom stereocenters. The lowest BCUT2D eigenvalue weighted by Gasteiger charge is -1.97. The summed E-state index contributed by atoms with van der Waals surface area (Å²) in [4.78, 5) is 23.7. The van der Waals surface area contributed by atoms with Crippen LogP contribution in [-0.4, -0.2) is 28.1 Å². The molecule has 0 amide bonds. The third-order valence-corrected chi connectivity index (χ3v) is 1.42. The molecule has 0 fully saturated rings. The van der Waals surface area contributed by atoms with Crippen LogP contribution in [0.15, 0.2) is 12.1 Å². The van der Waals surface area contributed by atoms with Crippen LogP contribution in [-0.2, 0) is 4.74 Å². The fourth-order valence-corrected chi connectivity index (χ4v) is 0.794. The van der Waals surface area contributed by atoms with Crippen molar-refractivity contribution in [1.82, 2.24) is 4.98 Å². The van der Waals surface area contributed by atoms with Crippen molar-refractivity contribution in [2.75, 3.05) is 7.11 Å². The van der Waals surface area contributed by atoms with Crippen molar-refractivity contribution in [1.29, 1.82) is 0 Å². The maximum Gasteiger partial charge on any atom is 0.406 e. The molecule has 1 aromatic rings. The molecule has 0 radical (unpaired) electrons. The van der Waals surface area contributed by atoms with Gasteiger partial charge in [0.2, 0.25) is 5.75 Å². The van der Waals surface area contributed by atoms with Crippen molar-refractivity contribution in [2.45, 2.75) is 0 Å². The smallest absolute Gasteiger partial charge is 0.406 e. The van der Waals surface area contributed by atoms with Gasteiger partial charge in [-0.25, -0.2) is 4.79 Å². The van der Waals surface area contributed by atoms with E-state index in [-0.39, 0.29) is 5.69 Å². The van der Waals surface area contributed by atoms with E-state index in [1.165, 1.54) is 0 Å². The second kappa shape index (κ2) is 3.69. The molecule has 14 heavy (non-hydrogen) atoms. The lowest BCUT2D eigenvalue weighted by Crippen LogP contribution is -2.05. The molecule has 7 heteroatoms. The number of methoxy groups -OCH3 is 1. The van der Waals surface area contributed by atoms with Crippen molar-refractivity contribution in [3.8, 4) is 5.75 Å². The Labute approximate surface area is 78.1 Å². The molecule has 0 spiro atoms. The highest BCUT2D eigenvalue weighted by Crippen LogP contribution is 2.22. The van der Waals surface area contributed by atoms with E-state index < -0.39 is 22.5 Å². The number of nitrogens with zero attached hydrogens (tertiary/aromatic N) is 2. The second-order valence-corrected chi connectivity index (χ2v) is 2.29. The summed E-state index contributed by atoms with van der Waals surface area (Å²) in [5, 5.41) is 19.3. The van der Waals surface area contributed by atoms with Gasteiger partial charge in [0, 0.05) is 6.07 Å². The van der Waals surface area contributed by atoms with E-state index in [2.05, 4.69) is 9.72 Å². The topological polar surface area (TPSA) is 103 Å². The van der Waals surface area contributed by atoms with Crippen LogP contribution in [0.5, 0.6) is 5.75 Å². The molecule has 1 rings (SSSR count). The van der Waals surface area contributed by atoms with Crippen LogP contribution in [0.25, 0.3) is 0 Å². The maximum absolute atomic E-state index is 10.9. The van der Waals surface area contributed by atoms with Crippen molar-refractivity contribution in [2.24, 2.45) is 0 Å². The Kier molecular flexibility index (Phi) is 2.61. The standard InChI is InChI=1S/C7H6N2O5/c1-14-7(11)4-2-3-5(10)6(8-4)9(12)13/h2-3,10H,1H3. The Morgan fingerprint density at radius 3 is 2.79 bits per heavy atom. The van der Waals surface area contributed by atoms with Crippen molar-refractivity contribution in [3.05, 3.63) is 27.9 Å². The Balaban J connectivity index is 3.19. The largest absolute Gasteiger partial charge is 0.501 e. The van der Waals surface area contributed by atoms with E-state index in [9.17, 15) is 14.9 Å². The first-order valence-corrected chi connectivity index (χ1v) is 3.49. The fraction of sp³-hybridized carbons (Fsp3) is 0.143. The number of nitro groups is 1. The summed E-state index contributed by atoms with van der Waals surface area (Å²) in [7, 11) is 1.13. The van der Waals surface area contributed by atoms with E-state index in [1.54, 1.807) is 0 Å². The van der Waals surface area contributed by atoms with E-state index in [1.807, 2.05) is 0 Å². The first kappa shape index (κ1) is 9.90. The minimum Gasteiger partial charge on any atom is -0.501 e. The zero-order valence-corrected chi connectivity index (χ0v) is 7.13. The summed E-state index contributed by atoms with van der Waals surface area (Å²) < 4.78 is 4.31. The third kappa shape index (κ3) is 1.76. The van der Waals surface area contributed by atoms with Gasteiger partial charge >= 0.3 is 11.8 Å². The molecule has 1 aromatic heterocycles. The van der Waals surface area contributed by atoms with Crippen LogP contribution in [0, 0.1) is 10.1 Å². The van der Waals surface area contributed by atoms with Crippen molar-refractivity contribution < 1.29 is 19.6 Å². The molecular formula is C7H6N2O5. The number of hydrogen-bond donors (Lipinski definition) is 1. The molecule has 0 aliphatic carbocycles. The van der Waals surface area contributed by atoms with Gasteiger partial charge in [0.05, 0.1) is 7.11 Å². The monoisotopic (exact) mass is 198 g/mol. The van der Waals surface area contributed by atoms with E-state index in [0.717, 1.165) is 19.2 Å². The quantitative estimate of drug-likeness (QED) is 0.421. The summed E-state index contributed by atoms with van der Waals surface area (Å²) in [6.45, 7) is 0. The molecule has 0 aromatic carbocycles. The Morgan fingerprint density at radius 1 is 1.64 bits per heavy atom. The number of esters is 1. The van der Waals surface area contributed by atoms with Gasteiger partial charge in [0.1, 0.15) is 0 Å². The molecule has 0 bridgehead atoms. The van der Waals surface area contributed by atoms with Gasteiger partial charge in [-0.1, -0.05) is 0 Å². The maximum atomic E-state index is 10.9. The van der Waals surface area contributed by atoms with Crippen LogP contribution in [0.1, 0.15) is 10.5 Å². The Bertz CT molecular complexity index is 390.